The van der Waals surface area contributed by atoms with E-state index in [2.05, 4.69) is 5.32 Å². The van der Waals surface area contributed by atoms with E-state index in [1.807, 2.05) is 0 Å². The van der Waals surface area contributed by atoms with E-state index in [0.717, 1.165) is 0 Å². The molecule has 25 heavy (non-hydrogen) atoms. The van der Waals surface area contributed by atoms with Crippen LogP contribution in [0.1, 0.15) is 11.1 Å². The molecule has 0 spiro atoms. The number of amides is 1. The van der Waals surface area contributed by atoms with Crippen molar-refractivity contribution in [2.75, 3.05) is 6.61 Å². The van der Waals surface area contributed by atoms with E-state index in [0.29, 0.717) is 15.6 Å². The Kier molecular flexibility index (Phi) is 7.05. The minimum atomic E-state index is -0.758. The number of carbonyl (C=O) groups excluding carboxylic acids is 2. The second-order valence-corrected chi connectivity index (χ2v) is 6.30. The van der Waals surface area contributed by atoms with Crippen molar-refractivity contribution >= 4 is 46.7 Å². The zero-order valence-corrected chi connectivity index (χ0v) is 15.1. The fourth-order valence-electron chi connectivity index (χ4n) is 1.95. The number of ether oxygens (including phenoxy) is 1. The van der Waals surface area contributed by atoms with Crippen LogP contribution >= 0.6 is 34.8 Å². The molecule has 1 amide bonds. The van der Waals surface area contributed by atoms with Crippen LogP contribution in [0.2, 0.25) is 15.1 Å². The lowest BCUT2D eigenvalue weighted by atomic mass is 10.1. The molecule has 4 nitrogen and oxygen atoms in total. The van der Waals surface area contributed by atoms with Crippen LogP contribution < -0.4 is 5.32 Å². The average molecular weight is 405 g/mol. The van der Waals surface area contributed by atoms with Gasteiger partial charge in [-0.05, 0) is 29.8 Å². The van der Waals surface area contributed by atoms with Crippen molar-refractivity contribution in [3.63, 3.8) is 0 Å². The number of nitrogens with one attached hydrogen (secondary N) is 1. The van der Waals surface area contributed by atoms with Crippen LogP contribution in [-0.4, -0.2) is 18.5 Å². The first kappa shape index (κ1) is 19.5. The van der Waals surface area contributed by atoms with Gasteiger partial charge in [0.2, 0.25) is 0 Å². The number of carbonyl (C=O) groups is 2. The third-order valence-electron chi connectivity index (χ3n) is 3.24. The van der Waals surface area contributed by atoms with Crippen LogP contribution in [-0.2, 0) is 27.3 Å². The summed E-state index contributed by atoms with van der Waals surface area (Å²) in [6.45, 7) is -0.332. The van der Waals surface area contributed by atoms with Gasteiger partial charge in [-0.25, -0.2) is 4.39 Å². The topological polar surface area (TPSA) is 55.4 Å². The van der Waals surface area contributed by atoms with Gasteiger partial charge in [-0.1, -0.05) is 46.9 Å². The number of benzene rings is 2. The molecule has 0 fully saturated rings. The standard InChI is InChI=1S/C17H13Cl3FNO3/c18-11-5-4-10(14(20)6-11)8-22-16(23)9-25-17(24)7-12-13(19)2-1-3-15(12)21/h1-6H,7-9H2,(H,22,23). The molecule has 0 radical (unpaired) electrons. The quantitative estimate of drug-likeness (QED) is 0.735. The molecular weight excluding hydrogens is 392 g/mol. The summed E-state index contributed by atoms with van der Waals surface area (Å²) in [7, 11) is 0. The second-order valence-electron chi connectivity index (χ2n) is 5.05. The Labute approximate surface area is 158 Å². The maximum absolute atomic E-state index is 13.6. The minimum Gasteiger partial charge on any atom is -0.455 e. The minimum absolute atomic E-state index is 0.0301. The van der Waals surface area contributed by atoms with Crippen LogP contribution in [0.3, 0.4) is 0 Å². The highest BCUT2D eigenvalue weighted by atomic mass is 35.5. The van der Waals surface area contributed by atoms with Crippen molar-refractivity contribution < 1.29 is 18.7 Å². The van der Waals surface area contributed by atoms with Crippen LogP contribution in [0, 0.1) is 5.82 Å². The van der Waals surface area contributed by atoms with Crippen molar-refractivity contribution in [1.29, 1.82) is 0 Å². The van der Waals surface area contributed by atoms with Crippen molar-refractivity contribution in [3.8, 4) is 0 Å². The van der Waals surface area contributed by atoms with Gasteiger partial charge in [0.1, 0.15) is 5.82 Å². The predicted molar refractivity (Wildman–Crippen MR) is 94.4 cm³/mol. The van der Waals surface area contributed by atoms with Gasteiger partial charge in [0, 0.05) is 27.2 Å². The van der Waals surface area contributed by atoms with Gasteiger partial charge in [0.25, 0.3) is 5.91 Å². The zero-order valence-electron chi connectivity index (χ0n) is 12.8. The number of hydrogen-bond donors (Lipinski definition) is 1. The van der Waals surface area contributed by atoms with Gasteiger partial charge in [-0.15, -0.1) is 0 Å². The molecule has 0 unspecified atom stereocenters. The van der Waals surface area contributed by atoms with Crippen LogP contribution in [0.15, 0.2) is 36.4 Å². The summed E-state index contributed by atoms with van der Waals surface area (Å²) >= 11 is 17.6. The third-order valence-corrected chi connectivity index (χ3v) is 4.18. The van der Waals surface area contributed by atoms with Crippen molar-refractivity contribution in [3.05, 3.63) is 68.4 Å². The molecule has 0 saturated heterocycles. The van der Waals surface area contributed by atoms with E-state index in [9.17, 15) is 14.0 Å². The molecular formula is C17H13Cl3FNO3. The van der Waals surface area contributed by atoms with Gasteiger partial charge in [-0.2, -0.15) is 0 Å². The first-order chi connectivity index (χ1) is 11.9. The first-order valence-electron chi connectivity index (χ1n) is 7.16. The Morgan fingerprint density at radius 2 is 1.84 bits per heavy atom. The molecule has 2 aromatic rings. The fraction of sp³-hybridized carbons (Fsp3) is 0.176. The fourth-order valence-corrected chi connectivity index (χ4v) is 2.66. The second kappa shape index (κ2) is 9.04. The molecule has 0 heterocycles. The van der Waals surface area contributed by atoms with E-state index in [1.165, 1.54) is 18.2 Å². The van der Waals surface area contributed by atoms with E-state index in [1.54, 1.807) is 18.2 Å². The number of hydrogen-bond acceptors (Lipinski definition) is 3. The third kappa shape index (κ3) is 5.88. The van der Waals surface area contributed by atoms with Crippen LogP contribution in [0.25, 0.3) is 0 Å². The SMILES string of the molecule is O=C(COC(=O)Cc1c(F)cccc1Cl)NCc1ccc(Cl)cc1Cl. The maximum atomic E-state index is 13.6. The molecule has 0 atom stereocenters. The number of esters is 1. The molecule has 2 rings (SSSR count). The monoisotopic (exact) mass is 403 g/mol. The molecule has 2 aromatic carbocycles. The van der Waals surface area contributed by atoms with Crippen molar-refractivity contribution in [2.45, 2.75) is 13.0 Å². The van der Waals surface area contributed by atoms with Gasteiger partial charge in [-0.3, -0.25) is 9.59 Å². The van der Waals surface area contributed by atoms with Crippen molar-refractivity contribution in [2.24, 2.45) is 0 Å². The van der Waals surface area contributed by atoms with Gasteiger partial charge in [0.05, 0.1) is 6.42 Å². The average Bonchev–Trinajstić information content (AvgIpc) is 2.55. The predicted octanol–water partition coefficient (Wildman–Crippen LogP) is 4.19. The molecule has 132 valence electrons. The lowest BCUT2D eigenvalue weighted by Gasteiger charge is -2.09. The van der Waals surface area contributed by atoms with Gasteiger partial charge in [0.15, 0.2) is 6.61 Å². The summed E-state index contributed by atoms with van der Waals surface area (Å²) in [5.41, 5.74) is 0.700. The first-order valence-corrected chi connectivity index (χ1v) is 8.29. The largest absolute Gasteiger partial charge is 0.455 e. The highest BCUT2D eigenvalue weighted by Gasteiger charge is 2.14. The molecule has 0 aliphatic carbocycles. The lowest BCUT2D eigenvalue weighted by Crippen LogP contribution is -2.28. The number of rotatable bonds is 6. The summed E-state index contributed by atoms with van der Waals surface area (Å²) in [6.07, 6.45) is -0.359. The molecule has 0 aliphatic heterocycles. The Morgan fingerprint density at radius 1 is 1.08 bits per heavy atom. The Balaban J connectivity index is 1.80. The molecule has 0 aromatic heterocycles. The zero-order chi connectivity index (χ0) is 18.4. The van der Waals surface area contributed by atoms with Gasteiger partial charge < -0.3 is 10.1 Å². The maximum Gasteiger partial charge on any atom is 0.310 e. The van der Waals surface area contributed by atoms with Crippen molar-refractivity contribution in [1.82, 2.24) is 5.32 Å². The van der Waals surface area contributed by atoms with E-state index >= 15 is 0 Å². The van der Waals surface area contributed by atoms with Gasteiger partial charge >= 0.3 is 5.97 Å². The summed E-state index contributed by atoms with van der Waals surface area (Å²) in [5.74, 6) is -1.88. The lowest BCUT2D eigenvalue weighted by molar-refractivity contribution is -0.147. The highest BCUT2D eigenvalue weighted by molar-refractivity contribution is 6.35. The molecule has 0 bridgehead atoms. The smallest absolute Gasteiger partial charge is 0.310 e. The van der Waals surface area contributed by atoms with Crippen LogP contribution in [0.5, 0.6) is 0 Å². The molecule has 1 N–H and O–H groups in total. The van der Waals surface area contributed by atoms with E-state index < -0.39 is 24.3 Å². The molecule has 0 saturated carbocycles. The van der Waals surface area contributed by atoms with E-state index in [-0.39, 0.29) is 23.6 Å². The summed E-state index contributed by atoms with van der Waals surface area (Å²) in [4.78, 5) is 23.5. The summed E-state index contributed by atoms with van der Waals surface area (Å²) < 4.78 is 18.4. The Bertz CT molecular complexity index is 778. The summed E-state index contributed by atoms with van der Waals surface area (Å²) in [5, 5.41) is 3.58. The highest BCUT2D eigenvalue weighted by Crippen LogP contribution is 2.21. The number of halogens is 4. The van der Waals surface area contributed by atoms with Crippen LogP contribution in [0.4, 0.5) is 4.39 Å². The normalized spacial score (nSPS) is 10.4. The summed E-state index contributed by atoms with van der Waals surface area (Å²) in [6, 6.07) is 8.97. The van der Waals surface area contributed by atoms with E-state index in [4.69, 9.17) is 39.5 Å². The Morgan fingerprint density at radius 3 is 2.52 bits per heavy atom. The Hall–Kier alpha value is -1.82. The molecule has 0 aliphatic rings. The molecule has 8 heteroatoms.